The molecule has 11 rings (SSSR count). The van der Waals surface area contributed by atoms with Crippen molar-refractivity contribution in [2.75, 3.05) is 25.7 Å². The molecule has 0 bridgehead atoms. The monoisotopic (exact) mass is 678 g/mol. The third kappa shape index (κ3) is 3.24. The van der Waals surface area contributed by atoms with Gasteiger partial charge in [0.15, 0.2) is 16.7 Å². The molecule has 1 saturated heterocycles. The lowest BCUT2D eigenvalue weighted by atomic mass is 10.1. The van der Waals surface area contributed by atoms with E-state index < -0.39 is 0 Å². The Morgan fingerprint density at radius 3 is 2.57 bits per heavy atom. The van der Waals surface area contributed by atoms with Gasteiger partial charge in [0.2, 0.25) is 0 Å². The number of methoxy groups -OCH3 is 2. The summed E-state index contributed by atoms with van der Waals surface area (Å²) in [6.45, 7) is 4.49. The highest BCUT2D eigenvalue weighted by Gasteiger charge is 2.47. The number of epoxide rings is 1. The van der Waals surface area contributed by atoms with Crippen molar-refractivity contribution in [3.63, 3.8) is 0 Å². The summed E-state index contributed by atoms with van der Waals surface area (Å²) in [5.74, 6) is 2.47. The Hall–Kier alpha value is -6.63. The van der Waals surface area contributed by atoms with Gasteiger partial charge in [-0.2, -0.15) is 19.2 Å². The van der Waals surface area contributed by atoms with Crippen LogP contribution >= 0.6 is 0 Å². The predicted molar refractivity (Wildman–Crippen MR) is 187 cm³/mol. The van der Waals surface area contributed by atoms with E-state index in [2.05, 4.69) is 40.9 Å². The third-order valence-corrected chi connectivity index (χ3v) is 10.9. The summed E-state index contributed by atoms with van der Waals surface area (Å²) in [5.41, 5.74) is 25.2. The smallest absolute Gasteiger partial charge is 0.295 e. The summed E-state index contributed by atoms with van der Waals surface area (Å²) in [6, 6.07) is 12.3. The predicted octanol–water partition coefficient (Wildman–Crippen LogP) is 3.00. The van der Waals surface area contributed by atoms with Crippen molar-refractivity contribution >= 4 is 66.8 Å². The molecular weight excluding hydrogens is 648 g/mol. The number of anilines is 2. The molecule has 0 amide bonds. The second-order valence-corrected chi connectivity index (χ2v) is 13.2. The molecule has 2 aromatic carbocycles. The molecule has 0 saturated carbocycles. The van der Waals surface area contributed by atoms with Crippen LogP contribution in [0.3, 0.4) is 0 Å². The summed E-state index contributed by atoms with van der Waals surface area (Å²) in [6.07, 6.45) is 6.84. The molecule has 8 aromatic heterocycles. The molecule has 15 heteroatoms. The number of hydrogen-bond acceptors (Lipinski definition) is 9. The zero-order valence-electron chi connectivity index (χ0n) is 28.0. The first-order valence-corrected chi connectivity index (χ1v) is 16.5. The van der Waals surface area contributed by atoms with Gasteiger partial charge in [-0.25, -0.2) is 4.52 Å². The standard InChI is InChI=1S/C36H28N12O3/c1-16-23(49-3)6-5-22-26(16)47-30-20(8-10-45-35(30)43(22)14-41-45)25(33(47)39)31-34(51-31)40-13-18-11-24(50-4)17(2)27-28(18)44-15-42-46-9-7-19-21(12-37)32(38)48(27)29(19)36(44)46/h5-11,14-15,31,34,38-40H,13H2,1-4H3/p+2. The van der Waals surface area contributed by atoms with Gasteiger partial charge in [0.05, 0.1) is 30.8 Å². The minimum absolute atomic E-state index is 0.294. The number of benzene rings is 2. The molecule has 0 radical (unpaired) electrons. The van der Waals surface area contributed by atoms with Crippen LogP contribution in [0.25, 0.3) is 55.2 Å². The number of nitriles is 1. The Morgan fingerprint density at radius 2 is 1.76 bits per heavy atom. The molecule has 0 aliphatic carbocycles. The van der Waals surface area contributed by atoms with E-state index in [1.807, 2.05) is 65.8 Å². The number of hydrogen-bond donors (Lipinski definition) is 3. The van der Waals surface area contributed by atoms with Crippen LogP contribution < -0.4 is 35.1 Å². The van der Waals surface area contributed by atoms with Gasteiger partial charge in [0.1, 0.15) is 64.8 Å². The van der Waals surface area contributed by atoms with Crippen LogP contribution in [0.15, 0.2) is 55.4 Å². The summed E-state index contributed by atoms with van der Waals surface area (Å²) in [5, 5.41) is 24.8. The number of nitrogens with one attached hydrogen (secondary N) is 1. The van der Waals surface area contributed by atoms with E-state index in [0.717, 1.165) is 83.2 Å². The molecule has 1 aliphatic heterocycles. The number of aryl methyl sites for hydroxylation is 2. The van der Waals surface area contributed by atoms with Gasteiger partial charge >= 0.3 is 0 Å². The Kier molecular flexibility index (Phi) is 5.16. The van der Waals surface area contributed by atoms with E-state index in [1.165, 1.54) is 0 Å². The fourth-order valence-corrected chi connectivity index (χ4v) is 8.57. The quantitative estimate of drug-likeness (QED) is 0.136. The topological polar surface area (TPSA) is 170 Å². The van der Waals surface area contributed by atoms with Gasteiger partial charge in [0, 0.05) is 45.3 Å². The lowest BCUT2D eigenvalue weighted by Gasteiger charge is -2.15. The molecule has 1 fully saturated rings. The summed E-state index contributed by atoms with van der Waals surface area (Å²) in [4.78, 5) is 0. The van der Waals surface area contributed by atoms with E-state index in [9.17, 15) is 5.26 Å². The van der Waals surface area contributed by atoms with Gasteiger partial charge in [-0.05, 0) is 44.2 Å². The molecule has 51 heavy (non-hydrogen) atoms. The first-order valence-electron chi connectivity index (χ1n) is 16.5. The summed E-state index contributed by atoms with van der Waals surface area (Å²) in [7, 11) is 3.33. The average molecular weight is 679 g/mol. The van der Waals surface area contributed by atoms with Crippen LogP contribution in [-0.4, -0.2) is 48.5 Å². The fraction of sp³-hybridized carbons (Fsp3) is 0.194. The number of rotatable bonds is 6. The molecule has 2 atom stereocenters. The van der Waals surface area contributed by atoms with E-state index >= 15 is 0 Å². The first kappa shape index (κ1) is 28.2. The largest absolute Gasteiger partial charge is 0.496 e. The maximum Gasteiger partial charge on any atom is 0.295 e. The number of nitrogens with two attached hydrogens (primary N) is 2. The average Bonchev–Trinajstić information content (AvgIpc) is 3.40. The van der Waals surface area contributed by atoms with Crippen molar-refractivity contribution < 1.29 is 23.0 Å². The molecule has 10 aromatic rings. The van der Waals surface area contributed by atoms with Crippen LogP contribution in [0.1, 0.15) is 33.9 Å². The van der Waals surface area contributed by atoms with E-state index in [1.54, 1.807) is 25.1 Å². The van der Waals surface area contributed by atoms with Gasteiger partial charge < -0.3 is 19.9 Å². The molecule has 2 unspecified atom stereocenters. The molecule has 5 N–H and O–H groups in total. The highest BCUT2D eigenvalue weighted by atomic mass is 16.6. The molecule has 15 nitrogen and oxygen atoms in total. The van der Waals surface area contributed by atoms with Gasteiger partial charge in [0.25, 0.3) is 17.8 Å². The molecular formula is C36H30N12O3+2. The van der Waals surface area contributed by atoms with Crippen LogP contribution in [0.4, 0.5) is 11.6 Å². The van der Waals surface area contributed by atoms with Crippen LogP contribution in [0.5, 0.6) is 11.5 Å². The van der Waals surface area contributed by atoms with Crippen LogP contribution in [-0.2, 0) is 11.3 Å². The summed E-state index contributed by atoms with van der Waals surface area (Å²) < 4.78 is 29.9. The zero-order chi connectivity index (χ0) is 34.6. The fourth-order valence-electron chi connectivity index (χ4n) is 8.57. The van der Waals surface area contributed by atoms with Gasteiger partial charge in [-0.3, -0.25) is 19.9 Å². The van der Waals surface area contributed by atoms with Crippen molar-refractivity contribution in [2.45, 2.75) is 32.7 Å². The van der Waals surface area contributed by atoms with E-state index in [4.69, 9.17) is 25.7 Å². The van der Waals surface area contributed by atoms with Crippen LogP contribution in [0, 0.1) is 25.2 Å². The Morgan fingerprint density at radius 1 is 0.961 bits per heavy atom. The molecule has 1 aliphatic rings. The van der Waals surface area contributed by atoms with Crippen molar-refractivity contribution in [1.82, 2.24) is 33.3 Å². The Labute approximate surface area is 287 Å². The number of aromatic nitrogens is 8. The Balaban J connectivity index is 1.06. The van der Waals surface area contributed by atoms with E-state index in [0.29, 0.717) is 29.5 Å². The van der Waals surface area contributed by atoms with Crippen molar-refractivity contribution in [1.29, 1.82) is 5.26 Å². The maximum absolute atomic E-state index is 10.1. The maximum atomic E-state index is 10.1. The van der Waals surface area contributed by atoms with Crippen molar-refractivity contribution in [3.05, 3.63) is 83.2 Å². The molecule has 0 spiro atoms. The molecule has 9 heterocycles. The highest BCUT2D eigenvalue weighted by Crippen LogP contribution is 2.45. The SMILES string of the molecule is COc1cc(CNC2OC2c2c(N)[n+]3c4c(C)c(OC)ccc4n4cnn5ccc2c3c54)c2c(c1C)n1c(N)c(C#N)c3ccn4nc[n+]2c4c31. The van der Waals surface area contributed by atoms with Gasteiger partial charge in [-0.15, -0.1) is 0 Å². The van der Waals surface area contributed by atoms with Crippen molar-refractivity contribution in [3.8, 4) is 17.6 Å². The van der Waals surface area contributed by atoms with Gasteiger partial charge in [-0.1, -0.05) is 4.52 Å². The minimum Gasteiger partial charge on any atom is -0.496 e. The Bertz CT molecular complexity index is 3180. The first-order chi connectivity index (χ1) is 24.9. The van der Waals surface area contributed by atoms with E-state index in [-0.39, 0.29) is 12.3 Å². The molecule has 250 valence electrons. The lowest BCUT2D eigenvalue weighted by Crippen LogP contribution is -2.28. The second kappa shape index (κ2) is 9.33. The zero-order valence-corrected chi connectivity index (χ0v) is 28.0. The number of ether oxygens (including phenoxy) is 3. The van der Waals surface area contributed by atoms with Crippen molar-refractivity contribution in [2.24, 2.45) is 0 Å². The van der Waals surface area contributed by atoms with Crippen LogP contribution in [0.2, 0.25) is 0 Å². The summed E-state index contributed by atoms with van der Waals surface area (Å²) >= 11 is 0. The second-order valence-electron chi connectivity index (χ2n) is 13.2. The number of pyridine rings is 2. The third-order valence-electron chi connectivity index (χ3n) is 10.9. The lowest BCUT2D eigenvalue weighted by molar-refractivity contribution is -0.481. The normalized spacial score (nSPS) is 16.5. The number of nitrogen functional groups attached to an aromatic ring is 2. The number of fused-ring (bicyclic) bond motifs is 6. The number of nitrogens with zero attached hydrogens (tertiary/aromatic N) is 9. The highest BCUT2D eigenvalue weighted by molar-refractivity contribution is 6.03. The minimum atomic E-state index is -0.309.